The SMILES string of the molecule is O=C(NC(=S)NC12CC3CC(CC(C3)C1)C2)C12CC3CC(CC(C3)C1)C2. The second kappa shape index (κ2) is 5.46. The molecule has 0 unspecified atom stereocenters. The van der Waals surface area contributed by atoms with Gasteiger partial charge in [0.2, 0.25) is 5.91 Å². The molecule has 8 bridgehead atoms. The quantitative estimate of drug-likeness (QED) is 0.715. The third-order valence-electron chi connectivity index (χ3n) is 9.16. The average Bonchev–Trinajstić information content (AvgIpc) is 2.51. The zero-order chi connectivity index (χ0) is 17.5. The lowest BCUT2D eigenvalue weighted by atomic mass is 9.49. The van der Waals surface area contributed by atoms with Crippen molar-refractivity contribution in [2.75, 3.05) is 0 Å². The lowest BCUT2D eigenvalue weighted by Gasteiger charge is -2.57. The van der Waals surface area contributed by atoms with Crippen LogP contribution in [0.2, 0.25) is 0 Å². The van der Waals surface area contributed by atoms with Crippen LogP contribution in [0.25, 0.3) is 0 Å². The topological polar surface area (TPSA) is 41.1 Å². The van der Waals surface area contributed by atoms with E-state index in [1.807, 2.05) is 0 Å². The van der Waals surface area contributed by atoms with Crippen LogP contribution in [0.1, 0.15) is 77.0 Å². The van der Waals surface area contributed by atoms with E-state index in [2.05, 4.69) is 10.6 Å². The first-order chi connectivity index (χ1) is 12.5. The summed E-state index contributed by atoms with van der Waals surface area (Å²) in [5.74, 6) is 5.35. The van der Waals surface area contributed by atoms with Gasteiger partial charge >= 0.3 is 0 Å². The van der Waals surface area contributed by atoms with E-state index in [0.29, 0.717) is 5.11 Å². The minimum atomic E-state index is -0.0953. The summed E-state index contributed by atoms with van der Waals surface area (Å²) < 4.78 is 0. The van der Waals surface area contributed by atoms with Gasteiger partial charge in [0.15, 0.2) is 5.11 Å². The van der Waals surface area contributed by atoms with Crippen molar-refractivity contribution in [3.63, 3.8) is 0 Å². The van der Waals surface area contributed by atoms with Gasteiger partial charge in [0.05, 0.1) is 5.41 Å². The van der Waals surface area contributed by atoms with E-state index in [4.69, 9.17) is 12.2 Å². The Labute approximate surface area is 162 Å². The number of hydrogen-bond acceptors (Lipinski definition) is 2. The van der Waals surface area contributed by atoms with Gasteiger partial charge in [0.25, 0.3) is 0 Å². The maximum atomic E-state index is 13.3. The Morgan fingerprint density at radius 2 is 1.08 bits per heavy atom. The summed E-state index contributed by atoms with van der Waals surface area (Å²) in [5, 5.41) is 7.51. The third kappa shape index (κ3) is 2.50. The summed E-state index contributed by atoms with van der Waals surface area (Å²) in [6.07, 6.45) is 15.6. The Bertz CT molecular complexity index is 586. The molecule has 8 aliphatic rings. The van der Waals surface area contributed by atoms with Gasteiger partial charge in [-0.3, -0.25) is 4.79 Å². The molecule has 2 N–H and O–H groups in total. The highest BCUT2D eigenvalue weighted by molar-refractivity contribution is 7.80. The highest BCUT2D eigenvalue weighted by atomic mass is 32.1. The summed E-state index contributed by atoms with van der Waals surface area (Å²) >= 11 is 5.68. The number of hydrogen-bond donors (Lipinski definition) is 2. The lowest BCUT2D eigenvalue weighted by molar-refractivity contribution is -0.144. The standard InChI is InChI=1S/C22H32N2OS/c25-19(21-7-13-1-14(8-21)3-15(2-13)9-21)23-20(26)24-22-10-16-4-17(11-22)6-18(5-16)12-22/h13-18H,1-12H2,(H2,23,24,25,26). The predicted molar refractivity (Wildman–Crippen MR) is 105 cm³/mol. The maximum Gasteiger partial charge on any atom is 0.232 e. The van der Waals surface area contributed by atoms with Crippen molar-refractivity contribution in [2.45, 2.75) is 82.6 Å². The zero-order valence-electron chi connectivity index (χ0n) is 15.8. The van der Waals surface area contributed by atoms with Gasteiger partial charge in [0, 0.05) is 5.54 Å². The zero-order valence-corrected chi connectivity index (χ0v) is 16.6. The predicted octanol–water partition coefficient (Wildman–Crippen LogP) is 4.16. The fourth-order valence-electron chi connectivity index (χ4n) is 9.16. The van der Waals surface area contributed by atoms with Gasteiger partial charge < -0.3 is 10.6 Å². The average molecular weight is 373 g/mol. The molecular formula is C22H32N2OS. The van der Waals surface area contributed by atoms with E-state index in [-0.39, 0.29) is 16.9 Å². The van der Waals surface area contributed by atoms with Crippen LogP contribution in [-0.4, -0.2) is 16.6 Å². The molecule has 3 nitrogen and oxygen atoms in total. The molecule has 0 saturated heterocycles. The van der Waals surface area contributed by atoms with E-state index in [1.165, 1.54) is 57.8 Å². The molecule has 4 heteroatoms. The summed E-state index contributed by atoms with van der Waals surface area (Å²) in [4.78, 5) is 13.3. The Balaban J connectivity index is 1.14. The van der Waals surface area contributed by atoms with Crippen LogP contribution < -0.4 is 10.6 Å². The van der Waals surface area contributed by atoms with Crippen molar-refractivity contribution in [1.82, 2.24) is 10.6 Å². The van der Waals surface area contributed by atoms with Gasteiger partial charge in [-0.25, -0.2) is 0 Å². The highest BCUT2D eigenvalue weighted by Gasteiger charge is 2.55. The van der Waals surface area contributed by atoms with Crippen molar-refractivity contribution in [3.8, 4) is 0 Å². The van der Waals surface area contributed by atoms with Gasteiger partial charge in [-0.1, -0.05) is 0 Å². The molecule has 0 aromatic rings. The smallest absolute Gasteiger partial charge is 0.232 e. The van der Waals surface area contributed by atoms with Crippen LogP contribution in [-0.2, 0) is 4.79 Å². The molecule has 8 saturated carbocycles. The molecular weight excluding hydrogens is 340 g/mol. The van der Waals surface area contributed by atoms with Crippen molar-refractivity contribution >= 4 is 23.2 Å². The molecule has 1 amide bonds. The minimum Gasteiger partial charge on any atom is -0.357 e. The van der Waals surface area contributed by atoms with Gasteiger partial charge in [0.1, 0.15) is 0 Å². The number of thiocarbonyl (C=S) groups is 1. The van der Waals surface area contributed by atoms with Crippen LogP contribution in [0.15, 0.2) is 0 Å². The Kier molecular flexibility index (Phi) is 3.43. The molecule has 26 heavy (non-hydrogen) atoms. The minimum absolute atomic E-state index is 0.0953. The normalized spacial score (nSPS) is 52.9. The van der Waals surface area contributed by atoms with Crippen LogP contribution in [0, 0.1) is 40.9 Å². The van der Waals surface area contributed by atoms with E-state index >= 15 is 0 Å². The van der Waals surface area contributed by atoms with E-state index < -0.39 is 0 Å². The maximum absolute atomic E-state index is 13.3. The highest BCUT2D eigenvalue weighted by Crippen LogP contribution is 2.60. The first-order valence-electron chi connectivity index (χ1n) is 11.1. The number of carbonyl (C=O) groups is 1. The molecule has 0 atom stereocenters. The van der Waals surface area contributed by atoms with Crippen molar-refractivity contribution in [2.24, 2.45) is 40.9 Å². The van der Waals surface area contributed by atoms with Crippen molar-refractivity contribution < 1.29 is 4.79 Å². The number of amides is 1. The van der Waals surface area contributed by atoms with Gasteiger partial charge in [-0.2, -0.15) is 0 Å². The Hall–Kier alpha value is -0.640. The van der Waals surface area contributed by atoms with Crippen LogP contribution in [0.5, 0.6) is 0 Å². The van der Waals surface area contributed by atoms with Crippen LogP contribution >= 0.6 is 12.2 Å². The van der Waals surface area contributed by atoms with Crippen molar-refractivity contribution in [3.05, 3.63) is 0 Å². The molecule has 8 fully saturated rings. The molecule has 0 aromatic heterocycles. The molecule has 8 rings (SSSR count). The lowest BCUT2D eigenvalue weighted by Crippen LogP contribution is -2.63. The van der Waals surface area contributed by atoms with Gasteiger partial charge in [-0.05, 0) is 125 Å². The van der Waals surface area contributed by atoms with Crippen LogP contribution in [0.3, 0.4) is 0 Å². The second-order valence-corrected chi connectivity index (χ2v) is 11.7. The fourth-order valence-corrected chi connectivity index (χ4v) is 9.47. The van der Waals surface area contributed by atoms with E-state index in [1.54, 1.807) is 0 Å². The summed E-state index contributed by atoms with van der Waals surface area (Å²) in [7, 11) is 0. The first kappa shape index (κ1) is 16.3. The number of nitrogens with one attached hydrogen (secondary N) is 2. The Morgan fingerprint density at radius 1 is 0.692 bits per heavy atom. The fraction of sp³-hybridized carbons (Fsp3) is 0.909. The van der Waals surface area contributed by atoms with Gasteiger partial charge in [-0.15, -0.1) is 0 Å². The monoisotopic (exact) mass is 372 g/mol. The number of rotatable bonds is 2. The molecule has 0 spiro atoms. The summed E-state index contributed by atoms with van der Waals surface area (Å²) in [6, 6.07) is 0. The number of carbonyl (C=O) groups excluding carboxylic acids is 1. The van der Waals surface area contributed by atoms with E-state index in [9.17, 15) is 4.79 Å². The second-order valence-electron chi connectivity index (χ2n) is 11.3. The third-order valence-corrected chi connectivity index (χ3v) is 9.37. The Morgan fingerprint density at radius 3 is 1.50 bits per heavy atom. The van der Waals surface area contributed by atoms with Crippen molar-refractivity contribution in [1.29, 1.82) is 0 Å². The largest absolute Gasteiger partial charge is 0.357 e. The van der Waals surface area contributed by atoms with Crippen LogP contribution in [0.4, 0.5) is 0 Å². The first-order valence-corrected chi connectivity index (χ1v) is 11.5. The molecule has 8 aliphatic carbocycles. The summed E-state index contributed by atoms with van der Waals surface area (Å²) in [6.45, 7) is 0. The molecule has 0 heterocycles. The van der Waals surface area contributed by atoms with E-state index in [0.717, 1.165) is 54.8 Å². The molecule has 142 valence electrons. The summed E-state index contributed by atoms with van der Waals surface area (Å²) in [5.41, 5.74) is 0.0997. The molecule has 0 aliphatic heterocycles. The molecule has 0 radical (unpaired) electrons. The molecule has 0 aromatic carbocycles.